The van der Waals surface area contributed by atoms with Crippen LogP contribution in [0.25, 0.3) is 11.4 Å². The Bertz CT molecular complexity index is 1110. The lowest BCUT2D eigenvalue weighted by Crippen LogP contribution is -2.37. The van der Waals surface area contributed by atoms with E-state index in [0.29, 0.717) is 48.3 Å². The quantitative estimate of drug-likeness (QED) is 0.390. The summed E-state index contributed by atoms with van der Waals surface area (Å²) in [5, 5.41) is 29.3. The van der Waals surface area contributed by atoms with Gasteiger partial charge in [0.15, 0.2) is 11.0 Å². The number of carbonyl (C=O) groups is 1. The van der Waals surface area contributed by atoms with E-state index in [2.05, 4.69) is 22.8 Å². The first kappa shape index (κ1) is 22.2. The highest BCUT2D eigenvalue weighted by Crippen LogP contribution is 2.37. The van der Waals surface area contributed by atoms with Crippen LogP contribution in [0.15, 0.2) is 41.6 Å². The lowest BCUT2D eigenvalue weighted by Gasteiger charge is -2.30. The van der Waals surface area contributed by atoms with Crippen molar-refractivity contribution in [1.29, 1.82) is 0 Å². The van der Waals surface area contributed by atoms with E-state index in [4.69, 9.17) is 4.74 Å². The second-order valence-corrected chi connectivity index (χ2v) is 8.59. The zero-order valence-corrected chi connectivity index (χ0v) is 18.9. The second kappa shape index (κ2) is 9.22. The van der Waals surface area contributed by atoms with E-state index in [9.17, 15) is 15.0 Å². The fraction of sp³-hybridized carbons (Fsp3) is 0.348. The van der Waals surface area contributed by atoms with Crippen LogP contribution < -0.4 is 0 Å². The molecule has 2 aromatic carbocycles. The van der Waals surface area contributed by atoms with Gasteiger partial charge in [0.2, 0.25) is 6.41 Å². The molecule has 4 rings (SSSR count). The summed E-state index contributed by atoms with van der Waals surface area (Å²) in [5.41, 5.74) is 3.21. The van der Waals surface area contributed by atoms with Gasteiger partial charge in [-0.25, -0.2) is 0 Å². The number of ether oxygens (including phenoxy) is 1. The maximum absolute atomic E-state index is 11.1. The van der Waals surface area contributed by atoms with Gasteiger partial charge in [-0.1, -0.05) is 38.1 Å². The number of carbonyl (C=O) groups excluding carboxylic acids is 1. The van der Waals surface area contributed by atoms with Crippen LogP contribution in [0.4, 0.5) is 0 Å². The van der Waals surface area contributed by atoms with Crippen LogP contribution in [-0.4, -0.2) is 56.0 Å². The number of rotatable bonds is 6. The minimum absolute atomic E-state index is 0.0482. The first-order valence-electron chi connectivity index (χ1n) is 10.5. The molecule has 1 unspecified atom stereocenters. The van der Waals surface area contributed by atoms with Crippen molar-refractivity contribution in [3.8, 4) is 22.9 Å². The summed E-state index contributed by atoms with van der Waals surface area (Å²) in [7, 11) is 0. The Kier molecular flexibility index (Phi) is 6.38. The Labute approximate surface area is 191 Å². The maximum Gasteiger partial charge on any atom is 0.209 e. The predicted octanol–water partition coefficient (Wildman–Crippen LogP) is 3.35. The van der Waals surface area contributed by atoms with Gasteiger partial charge < -0.3 is 19.8 Å². The molecule has 8 nitrogen and oxygen atoms in total. The molecule has 1 amide bonds. The standard InChI is InChI=1S/C23H26N4O4S/c1-14(2)17-9-18(20(30)10-19(17)29)22-24-25-23(32)27(22)11-15-3-5-16(6-4-15)21-12-26(13-28)7-8-31-21/h3-6,9-10,13-14,21,29-30H,7-8,11-12H2,1-2H3,(H,25,32). The van der Waals surface area contributed by atoms with Crippen molar-refractivity contribution in [2.24, 2.45) is 0 Å². The van der Waals surface area contributed by atoms with Crippen molar-refractivity contribution in [3.63, 3.8) is 0 Å². The largest absolute Gasteiger partial charge is 0.508 e. The van der Waals surface area contributed by atoms with Crippen LogP contribution in [-0.2, 0) is 16.1 Å². The number of nitrogens with zero attached hydrogens (tertiary/aromatic N) is 4. The van der Waals surface area contributed by atoms with Crippen LogP contribution in [0.3, 0.4) is 0 Å². The number of morpholine rings is 1. The van der Waals surface area contributed by atoms with Gasteiger partial charge in [-0.15, -0.1) is 22.8 Å². The van der Waals surface area contributed by atoms with Gasteiger partial charge in [0, 0.05) is 12.6 Å². The SMILES string of the molecule is CC(C)c1cc(-c2nnc(S)n2Cc2ccc(C3CN(C=O)CCO3)cc2)c(O)cc1O. The Balaban J connectivity index is 1.60. The number of hydrogen-bond donors (Lipinski definition) is 3. The van der Waals surface area contributed by atoms with Gasteiger partial charge in [-0.3, -0.25) is 9.36 Å². The normalized spacial score (nSPS) is 16.5. The van der Waals surface area contributed by atoms with Crippen molar-refractivity contribution in [1.82, 2.24) is 19.7 Å². The van der Waals surface area contributed by atoms with Crippen LogP contribution in [0.1, 0.15) is 42.6 Å². The van der Waals surface area contributed by atoms with Gasteiger partial charge in [-0.05, 0) is 28.7 Å². The maximum atomic E-state index is 11.1. The monoisotopic (exact) mass is 454 g/mol. The molecule has 0 radical (unpaired) electrons. The summed E-state index contributed by atoms with van der Waals surface area (Å²) in [4.78, 5) is 12.8. The summed E-state index contributed by atoms with van der Waals surface area (Å²) in [6, 6.07) is 11.0. The molecule has 1 aromatic heterocycles. The lowest BCUT2D eigenvalue weighted by molar-refractivity contribution is -0.125. The zero-order chi connectivity index (χ0) is 22.8. The summed E-state index contributed by atoms with van der Waals surface area (Å²) in [5.74, 6) is 0.520. The third-order valence-corrected chi connectivity index (χ3v) is 6.01. The summed E-state index contributed by atoms with van der Waals surface area (Å²) in [6.07, 6.45) is 0.715. The van der Waals surface area contributed by atoms with E-state index in [1.807, 2.05) is 38.1 Å². The van der Waals surface area contributed by atoms with Crippen molar-refractivity contribution in [3.05, 3.63) is 53.1 Å². The first-order chi connectivity index (χ1) is 15.4. The van der Waals surface area contributed by atoms with Gasteiger partial charge >= 0.3 is 0 Å². The molecule has 1 saturated heterocycles. The lowest BCUT2D eigenvalue weighted by atomic mass is 9.98. The van der Waals surface area contributed by atoms with E-state index in [1.54, 1.807) is 15.5 Å². The molecule has 0 spiro atoms. The molecule has 2 N–H and O–H groups in total. The highest BCUT2D eigenvalue weighted by Gasteiger charge is 2.22. The number of aromatic hydroxyl groups is 2. The summed E-state index contributed by atoms with van der Waals surface area (Å²) < 4.78 is 7.61. The molecule has 1 atom stereocenters. The number of thiol groups is 1. The Morgan fingerprint density at radius 2 is 1.94 bits per heavy atom. The van der Waals surface area contributed by atoms with Crippen LogP contribution >= 0.6 is 12.6 Å². The highest BCUT2D eigenvalue weighted by molar-refractivity contribution is 7.80. The molecule has 2 heterocycles. The van der Waals surface area contributed by atoms with Gasteiger partial charge in [-0.2, -0.15) is 0 Å². The highest BCUT2D eigenvalue weighted by atomic mass is 32.1. The number of aromatic nitrogens is 3. The fourth-order valence-corrected chi connectivity index (χ4v) is 4.07. The summed E-state index contributed by atoms with van der Waals surface area (Å²) in [6.45, 7) is 6.06. The zero-order valence-electron chi connectivity index (χ0n) is 18.0. The Hall–Kier alpha value is -3.04. The van der Waals surface area contributed by atoms with Gasteiger partial charge in [0.25, 0.3) is 0 Å². The molecule has 1 fully saturated rings. The van der Waals surface area contributed by atoms with Crippen molar-refractivity contribution < 1.29 is 19.7 Å². The van der Waals surface area contributed by atoms with E-state index >= 15 is 0 Å². The minimum Gasteiger partial charge on any atom is -0.508 e. The number of hydrogen-bond acceptors (Lipinski definition) is 7. The Morgan fingerprint density at radius 1 is 1.19 bits per heavy atom. The van der Waals surface area contributed by atoms with Gasteiger partial charge in [0.1, 0.15) is 17.6 Å². The van der Waals surface area contributed by atoms with Crippen LogP contribution in [0.5, 0.6) is 11.5 Å². The minimum atomic E-state index is -0.141. The molecule has 1 aliphatic rings. The molecular weight excluding hydrogens is 428 g/mol. The van der Waals surface area contributed by atoms with Gasteiger partial charge in [0.05, 0.1) is 25.3 Å². The van der Waals surface area contributed by atoms with Crippen molar-refractivity contribution >= 4 is 19.0 Å². The molecule has 9 heteroatoms. The number of benzene rings is 2. The topological polar surface area (TPSA) is 101 Å². The third-order valence-electron chi connectivity index (χ3n) is 5.68. The van der Waals surface area contributed by atoms with E-state index in [1.165, 1.54) is 6.07 Å². The first-order valence-corrected chi connectivity index (χ1v) is 10.9. The molecule has 1 aliphatic heterocycles. The third kappa shape index (κ3) is 4.44. The molecule has 0 aliphatic carbocycles. The number of phenols is 2. The van der Waals surface area contributed by atoms with E-state index in [0.717, 1.165) is 17.5 Å². The molecule has 32 heavy (non-hydrogen) atoms. The molecule has 3 aromatic rings. The van der Waals surface area contributed by atoms with Crippen LogP contribution in [0.2, 0.25) is 0 Å². The smallest absolute Gasteiger partial charge is 0.209 e. The molecule has 168 valence electrons. The van der Waals surface area contributed by atoms with E-state index in [-0.39, 0.29) is 23.5 Å². The second-order valence-electron chi connectivity index (χ2n) is 8.19. The van der Waals surface area contributed by atoms with Crippen molar-refractivity contribution in [2.45, 2.75) is 37.6 Å². The average Bonchev–Trinajstić information content (AvgIpc) is 3.14. The van der Waals surface area contributed by atoms with Crippen LogP contribution in [0, 0.1) is 0 Å². The molecule has 0 saturated carbocycles. The predicted molar refractivity (Wildman–Crippen MR) is 122 cm³/mol. The molecule has 0 bridgehead atoms. The molecular formula is C23H26N4O4S. The number of phenolic OH excluding ortho intramolecular Hbond substituents is 2. The summed E-state index contributed by atoms with van der Waals surface area (Å²) >= 11 is 4.44. The fourth-order valence-electron chi connectivity index (χ4n) is 3.86. The Morgan fingerprint density at radius 3 is 2.62 bits per heavy atom. The van der Waals surface area contributed by atoms with Crippen molar-refractivity contribution in [2.75, 3.05) is 19.7 Å². The van der Waals surface area contributed by atoms with E-state index < -0.39 is 0 Å². The number of amides is 1. The average molecular weight is 455 g/mol.